The minimum absolute atomic E-state index is 0.0372. The monoisotopic (exact) mass is 537 g/mol. The molecule has 0 saturated heterocycles. The Hall–Kier alpha value is -1.73. The fourth-order valence-corrected chi connectivity index (χ4v) is 9.10. The van der Waals surface area contributed by atoms with Crippen molar-refractivity contribution < 1.29 is 14.3 Å². The van der Waals surface area contributed by atoms with E-state index in [2.05, 4.69) is 54.5 Å². The van der Waals surface area contributed by atoms with Crippen LogP contribution in [-0.2, 0) is 14.3 Å². The lowest BCUT2D eigenvalue weighted by Gasteiger charge is -2.61. The third-order valence-electron chi connectivity index (χ3n) is 12.2. The van der Waals surface area contributed by atoms with Crippen LogP contribution in [0.2, 0.25) is 0 Å². The largest absolute Gasteiger partial charge is 0.385 e. The lowest BCUT2D eigenvalue weighted by atomic mass is 9.42. The first-order valence-corrected chi connectivity index (χ1v) is 15.2. The highest BCUT2D eigenvalue weighted by atomic mass is 16.5. The SMILES string of the molecule is COCC[C@]1(CCC(C)(C)[C@]2(C)CC[C@H]3C(C)(C)C(=O)C(C#N)=C[C@]3(C)/C2=C/C(C)=O)CCC(C)(C)CC1C. The Kier molecular flexibility index (Phi) is 8.63. The van der Waals surface area contributed by atoms with Crippen molar-refractivity contribution >= 4 is 11.6 Å². The molecule has 39 heavy (non-hydrogen) atoms. The van der Waals surface area contributed by atoms with Gasteiger partial charge in [0.2, 0.25) is 0 Å². The maximum atomic E-state index is 13.3. The van der Waals surface area contributed by atoms with Gasteiger partial charge in [-0.3, -0.25) is 9.59 Å². The Morgan fingerprint density at radius 3 is 2.31 bits per heavy atom. The van der Waals surface area contributed by atoms with Gasteiger partial charge < -0.3 is 4.74 Å². The van der Waals surface area contributed by atoms with E-state index >= 15 is 0 Å². The molecule has 218 valence electrons. The molecule has 0 aromatic rings. The van der Waals surface area contributed by atoms with E-state index in [0.717, 1.165) is 44.3 Å². The maximum absolute atomic E-state index is 13.3. The van der Waals surface area contributed by atoms with Gasteiger partial charge in [-0.15, -0.1) is 0 Å². The standard InChI is InChI=1S/C35H55NO3/c1-24-21-30(3,4)14-16-35(24,18-19-39-11)17-15-31(5,6)34(10)13-12-27-32(7,8)29(38)26(23-36)22-33(27,9)28(34)20-25(2)37/h20,22,24,27H,12-19,21H2,1-11H3/b28-20-/t24?,27-,33-,34+,35+/m0/s1. The number of nitrogens with zero attached hydrogens (tertiary/aromatic N) is 1. The van der Waals surface area contributed by atoms with Crippen molar-refractivity contribution in [3.05, 3.63) is 23.3 Å². The molecule has 4 nitrogen and oxygen atoms in total. The molecule has 0 N–H and O–H groups in total. The topological polar surface area (TPSA) is 67.2 Å². The molecule has 2 saturated carbocycles. The Morgan fingerprint density at radius 1 is 1.13 bits per heavy atom. The number of ketones is 2. The number of carbonyl (C=O) groups is 2. The van der Waals surface area contributed by atoms with E-state index in [0.29, 0.717) is 11.3 Å². The predicted octanol–water partition coefficient (Wildman–Crippen LogP) is 8.66. The highest BCUT2D eigenvalue weighted by Gasteiger charge is 2.61. The number of nitriles is 1. The van der Waals surface area contributed by atoms with Crippen molar-refractivity contribution in [3.8, 4) is 6.07 Å². The van der Waals surface area contributed by atoms with Crippen LogP contribution in [0.25, 0.3) is 0 Å². The van der Waals surface area contributed by atoms with Gasteiger partial charge in [-0.1, -0.05) is 74.0 Å². The normalized spacial score (nSPS) is 37.1. The van der Waals surface area contributed by atoms with Crippen molar-refractivity contribution in [1.29, 1.82) is 5.26 Å². The van der Waals surface area contributed by atoms with Crippen LogP contribution in [0.3, 0.4) is 0 Å². The number of fused-ring (bicyclic) bond motifs is 1. The second kappa shape index (κ2) is 10.6. The molecular formula is C35H55NO3. The molecule has 1 unspecified atom stereocenters. The predicted molar refractivity (Wildman–Crippen MR) is 159 cm³/mol. The third-order valence-corrected chi connectivity index (χ3v) is 12.2. The number of hydrogen-bond donors (Lipinski definition) is 0. The van der Waals surface area contributed by atoms with E-state index in [4.69, 9.17) is 4.74 Å². The molecule has 3 aliphatic rings. The summed E-state index contributed by atoms with van der Waals surface area (Å²) in [5, 5.41) is 9.91. The molecule has 4 heteroatoms. The summed E-state index contributed by atoms with van der Waals surface area (Å²) in [6, 6.07) is 2.20. The summed E-state index contributed by atoms with van der Waals surface area (Å²) in [4.78, 5) is 26.0. The summed E-state index contributed by atoms with van der Waals surface area (Å²) in [6.45, 7) is 23.0. The van der Waals surface area contributed by atoms with Crippen LogP contribution >= 0.6 is 0 Å². The van der Waals surface area contributed by atoms with Crippen LogP contribution in [-0.4, -0.2) is 25.3 Å². The number of hydrogen-bond acceptors (Lipinski definition) is 4. The molecule has 0 spiro atoms. The fourth-order valence-electron chi connectivity index (χ4n) is 9.10. The van der Waals surface area contributed by atoms with E-state index in [1.165, 1.54) is 19.3 Å². The summed E-state index contributed by atoms with van der Waals surface area (Å²) in [7, 11) is 1.81. The highest BCUT2D eigenvalue weighted by molar-refractivity contribution is 6.04. The number of ether oxygens (including phenoxy) is 1. The van der Waals surface area contributed by atoms with Crippen LogP contribution in [0.4, 0.5) is 0 Å². The molecule has 0 aliphatic heterocycles. The van der Waals surface area contributed by atoms with Crippen LogP contribution < -0.4 is 0 Å². The minimum atomic E-state index is -0.648. The Bertz CT molecular complexity index is 1090. The summed E-state index contributed by atoms with van der Waals surface area (Å²) in [5.74, 6) is 0.659. The smallest absolute Gasteiger partial charge is 0.178 e. The van der Waals surface area contributed by atoms with Crippen LogP contribution in [0, 0.1) is 55.7 Å². The molecule has 0 aromatic carbocycles. The summed E-state index contributed by atoms with van der Waals surface area (Å²) in [6.07, 6.45) is 12.6. The van der Waals surface area contributed by atoms with E-state index in [1.807, 2.05) is 33.1 Å². The summed E-state index contributed by atoms with van der Waals surface area (Å²) >= 11 is 0. The van der Waals surface area contributed by atoms with Crippen molar-refractivity contribution in [2.75, 3.05) is 13.7 Å². The molecule has 5 atom stereocenters. The third kappa shape index (κ3) is 5.47. The Morgan fingerprint density at radius 2 is 1.77 bits per heavy atom. The number of methoxy groups -OCH3 is 1. The number of Topliss-reactive ketones (excluding diaryl/α,β-unsaturated/α-hetero) is 1. The van der Waals surface area contributed by atoms with Gasteiger partial charge in [0.25, 0.3) is 0 Å². The van der Waals surface area contributed by atoms with Gasteiger partial charge in [0.15, 0.2) is 11.6 Å². The maximum Gasteiger partial charge on any atom is 0.178 e. The molecule has 3 aliphatic carbocycles. The van der Waals surface area contributed by atoms with E-state index in [1.54, 1.807) is 6.92 Å². The number of rotatable bonds is 8. The van der Waals surface area contributed by atoms with Gasteiger partial charge in [-0.25, -0.2) is 0 Å². The van der Waals surface area contributed by atoms with E-state index < -0.39 is 10.8 Å². The number of allylic oxidation sites excluding steroid dienone is 4. The second-order valence-electron chi connectivity index (χ2n) is 15.9. The molecule has 3 rings (SSSR count). The van der Waals surface area contributed by atoms with Gasteiger partial charge >= 0.3 is 0 Å². The summed E-state index contributed by atoms with van der Waals surface area (Å²) < 4.78 is 5.61. The minimum Gasteiger partial charge on any atom is -0.385 e. The molecule has 0 heterocycles. The van der Waals surface area contributed by atoms with Gasteiger partial charge in [0.1, 0.15) is 6.07 Å². The van der Waals surface area contributed by atoms with Gasteiger partial charge in [-0.05, 0) is 97.9 Å². The first-order valence-electron chi connectivity index (χ1n) is 15.2. The molecule has 0 bridgehead atoms. The van der Waals surface area contributed by atoms with E-state index in [9.17, 15) is 14.9 Å². The van der Waals surface area contributed by atoms with E-state index in [-0.39, 0.29) is 39.3 Å². The lowest BCUT2D eigenvalue weighted by molar-refractivity contribution is -0.131. The van der Waals surface area contributed by atoms with Gasteiger partial charge in [0, 0.05) is 24.5 Å². The Labute approximate surface area is 239 Å². The van der Waals surface area contributed by atoms with Crippen molar-refractivity contribution in [3.63, 3.8) is 0 Å². The molecule has 0 radical (unpaired) electrons. The highest BCUT2D eigenvalue weighted by Crippen LogP contribution is 2.67. The average Bonchev–Trinajstić information content (AvgIpc) is 2.82. The van der Waals surface area contributed by atoms with Crippen molar-refractivity contribution in [2.24, 2.45) is 44.3 Å². The van der Waals surface area contributed by atoms with Crippen LogP contribution in [0.15, 0.2) is 23.3 Å². The van der Waals surface area contributed by atoms with Crippen molar-refractivity contribution in [1.82, 2.24) is 0 Å². The first kappa shape index (κ1) is 31.8. The van der Waals surface area contributed by atoms with Crippen molar-refractivity contribution in [2.45, 2.75) is 121 Å². The fraction of sp³-hybridized carbons (Fsp3) is 0.800. The van der Waals surface area contributed by atoms with Gasteiger partial charge in [-0.2, -0.15) is 5.26 Å². The van der Waals surface area contributed by atoms with Crippen LogP contribution in [0.1, 0.15) is 121 Å². The second-order valence-corrected chi connectivity index (χ2v) is 15.9. The average molecular weight is 538 g/mol. The molecule has 2 fully saturated rings. The summed E-state index contributed by atoms with van der Waals surface area (Å²) in [5.41, 5.74) is 0.514. The zero-order valence-electron chi connectivity index (χ0n) is 26.8. The molecule has 0 aromatic heterocycles. The van der Waals surface area contributed by atoms with Crippen LogP contribution in [0.5, 0.6) is 0 Å². The Balaban J connectivity index is 2.05. The van der Waals surface area contributed by atoms with Gasteiger partial charge in [0.05, 0.1) is 5.57 Å². The lowest BCUT2D eigenvalue weighted by Crippen LogP contribution is -2.56. The quantitative estimate of drug-likeness (QED) is 0.291. The first-order chi connectivity index (χ1) is 17.8. The molecular weight excluding hydrogens is 482 g/mol. The molecule has 0 amide bonds. The zero-order chi connectivity index (χ0) is 29.7. The zero-order valence-corrected chi connectivity index (χ0v) is 26.8. The number of carbonyl (C=O) groups excluding carboxylic acids is 2.